The molecule has 1 N–H and O–H groups in total. The Labute approximate surface area is 153 Å². The Balaban J connectivity index is 2.30. The van der Waals surface area contributed by atoms with Gasteiger partial charge in [0, 0.05) is 24.2 Å². The van der Waals surface area contributed by atoms with Crippen LogP contribution in [0.15, 0.2) is 53.4 Å². The van der Waals surface area contributed by atoms with Crippen molar-refractivity contribution in [1.82, 2.24) is 5.32 Å². The van der Waals surface area contributed by atoms with Crippen molar-refractivity contribution in [3.05, 3.63) is 59.1 Å². The van der Waals surface area contributed by atoms with Gasteiger partial charge in [-0.15, -0.1) is 0 Å². The van der Waals surface area contributed by atoms with Crippen molar-refractivity contribution in [1.29, 1.82) is 0 Å². The van der Waals surface area contributed by atoms with Crippen molar-refractivity contribution in [3.8, 4) is 0 Å². The van der Waals surface area contributed by atoms with Gasteiger partial charge in [0.25, 0.3) is 15.9 Å². The fourth-order valence-corrected chi connectivity index (χ4v) is 3.58. The monoisotopic (exact) mass is 380 g/mol. The van der Waals surface area contributed by atoms with Gasteiger partial charge < -0.3 is 5.32 Å². The number of nitrogens with zero attached hydrogens (tertiary/aromatic N) is 1. The number of rotatable bonds is 6. The lowest BCUT2D eigenvalue weighted by atomic mass is 10.2. The molecule has 0 heterocycles. The van der Waals surface area contributed by atoms with Crippen molar-refractivity contribution in [2.45, 2.75) is 18.7 Å². The number of carbonyl (C=O) groups is 1. The average Bonchev–Trinajstić information content (AvgIpc) is 2.59. The number of hydrogen-bond acceptors (Lipinski definition) is 3. The molecule has 2 aromatic rings. The molecule has 0 fully saturated rings. The molecule has 0 radical (unpaired) electrons. The molecule has 1 amide bonds. The fraction of sp³-hybridized carbons (Fsp3) is 0.278. The van der Waals surface area contributed by atoms with Gasteiger partial charge in [0.2, 0.25) is 0 Å². The van der Waals surface area contributed by atoms with Gasteiger partial charge in [-0.25, -0.2) is 8.42 Å². The van der Waals surface area contributed by atoms with Gasteiger partial charge in [-0.05, 0) is 42.3 Å². The molecule has 0 aliphatic carbocycles. The summed E-state index contributed by atoms with van der Waals surface area (Å²) in [6.07, 6.45) is 0. The minimum atomic E-state index is -3.80. The van der Waals surface area contributed by atoms with E-state index in [1.807, 2.05) is 13.8 Å². The van der Waals surface area contributed by atoms with Crippen LogP contribution < -0.4 is 9.62 Å². The minimum Gasteiger partial charge on any atom is -0.352 e. The highest BCUT2D eigenvalue weighted by Crippen LogP contribution is 2.25. The molecule has 0 saturated heterocycles. The van der Waals surface area contributed by atoms with Crippen molar-refractivity contribution in [3.63, 3.8) is 0 Å². The van der Waals surface area contributed by atoms with Gasteiger partial charge in [0.15, 0.2) is 0 Å². The molecule has 2 rings (SSSR count). The number of nitrogens with one attached hydrogen (secondary N) is 1. The third-order valence-corrected chi connectivity index (χ3v) is 5.61. The predicted octanol–water partition coefficient (Wildman–Crippen LogP) is 3.55. The van der Waals surface area contributed by atoms with Gasteiger partial charge in [-0.1, -0.05) is 37.6 Å². The maximum absolute atomic E-state index is 12.8. The Morgan fingerprint density at radius 1 is 1.16 bits per heavy atom. The second kappa shape index (κ2) is 7.89. The highest BCUT2D eigenvalue weighted by Gasteiger charge is 2.22. The van der Waals surface area contributed by atoms with Gasteiger partial charge in [0.1, 0.15) is 0 Å². The van der Waals surface area contributed by atoms with Gasteiger partial charge in [-0.2, -0.15) is 0 Å². The van der Waals surface area contributed by atoms with E-state index in [1.165, 1.54) is 19.2 Å². The van der Waals surface area contributed by atoms with Crippen LogP contribution in [0.5, 0.6) is 0 Å². The van der Waals surface area contributed by atoms with Crippen LogP contribution in [-0.4, -0.2) is 27.9 Å². The van der Waals surface area contributed by atoms with Crippen LogP contribution >= 0.6 is 11.6 Å². The second-order valence-electron chi connectivity index (χ2n) is 6.08. The average molecular weight is 381 g/mol. The van der Waals surface area contributed by atoms with Gasteiger partial charge in [0.05, 0.1) is 10.6 Å². The van der Waals surface area contributed by atoms with E-state index in [0.717, 1.165) is 4.31 Å². The van der Waals surface area contributed by atoms with E-state index in [0.29, 0.717) is 28.7 Å². The Bertz CT molecular complexity index is 866. The molecule has 0 spiro atoms. The molecule has 0 aliphatic rings. The molecule has 0 aromatic heterocycles. The van der Waals surface area contributed by atoms with E-state index in [9.17, 15) is 13.2 Å². The molecule has 2 aromatic carbocycles. The van der Waals surface area contributed by atoms with Gasteiger partial charge >= 0.3 is 0 Å². The van der Waals surface area contributed by atoms with E-state index in [-0.39, 0.29) is 10.8 Å². The summed E-state index contributed by atoms with van der Waals surface area (Å²) in [6.45, 7) is 4.50. The smallest absolute Gasteiger partial charge is 0.264 e. The topological polar surface area (TPSA) is 66.5 Å². The number of anilines is 1. The Kier molecular flexibility index (Phi) is 6.08. The highest BCUT2D eigenvalue weighted by molar-refractivity contribution is 7.92. The van der Waals surface area contributed by atoms with Crippen LogP contribution in [0.2, 0.25) is 5.02 Å². The molecule has 0 atom stereocenters. The van der Waals surface area contributed by atoms with Crippen molar-refractivity contribution < 1.29 is 13.2 Å². The zero-order valence-corrected chi connectivity index (χ0v) is 15.9. The summed E-state index contributed by atoms with van der Waals surface area (Å²) in [4.78, 5) is 12.2. The lowest BCUT2D eigenvalue weighted by Crippen LogP contribution is -2.29. The summed E-state index contributed by atoms with van der Waals surface area (Å²) in [5.41, 5.74) is 0.753. The minimum absolute atomic E-state index is 0.0483. The largest absolute Gasteiger partial charge is 0.352 e. The van der Waals surface area contributed by atoms with E-state index < -0.39 is 10.0 Å². The first-order chi connectivity index (χ1) is 11.7. The fourth-order valence-electron chi connectivity index (χ4n) is 2.17. The highest BCUT2D eigenvalue weighted by atomic mass is 35.5. The number of hydrogen-bond donors (Lipinski definition) is 1. The van der Waals surface area contributed by atoms with Crippen LogP contribution in [-0.2, 0) is 10.0 Å². The summed E-state index contributed by atoms with van der Waals surface area (Å²) >= 11 is 5.94. The number of carbonyl (C=O) groups excluding carboxylic acids is 1. The first kappa shape index (κ1) is 19.3. The van der Waals surface area contributed by atoms with Crippen molar-refractivity contribution >= 4 is 33.2 Å². The molecule has 25 heavy (non-hydrogen) atoms. The maximum atomic E-state index is 12.8. The lowest BCUT2D eigenvalue weighted by Gasteiger charge is -2.20. The first-order valence-electron chi connectivity index (χ1n) is 7.84. The molecule has 0 saturated carbocycles. The summed E-state index contributed by atoms with van der Waals surface area (Å²) in [5.74, 6) is 0.0148. The number of amides is 1. The molecule has 5 nitrogen and oxygen atoms in total. The first-order valence-corrected chi connectivity index (χ1v) is 9.66. The van der Waals surface area contributed by atoms with E-state index in [2.05, 4.69) is 5.32 Å². The third kappa shape index (κ3) is 4.74. The molecule has 0 unspecified atom stereocenters. The number of benzene rings is 2. The zero-order chi connectivity index (χ0) is 18.6. The SMILES string of the molecule is CC(C)CNC(=O)c1cccc(S(=O)(=O)N(C)c2cccc(Cl)c2)c1. The van der Waals surface area contributed by atoms with E-state index in [1.54, 1.807) is 36.4 Å². The Hall–Kier alpha value is -2.05. The van der Waals surface area contributed by atoms with Crippen LogP contribution in [0.4, 0.5) is 5.69 Å². The molecule has 0 aliphatic heterocycles. The van der Waals surface area contributed by atoms with Crippen molar-refractivity contribution in [2.75, 3.05) is 17.9 Å². The van der Waals surface area contributed by atoms with E-state index in [4.69, 9.17) is 11.6 Å². The predicted molar refractivity (Wildman–Crippen MR) is 101 cm³/mol. The van der Waals surface area contributed by atoms with Crippen LogP contribution in [0.1, 0.15) is 24.2 Å². The Morgan fingerprint density at radius 2 is 1.84 bits per heavy atom. The Morgan fingerprint density at radius 3 is 2.48 bits per heavy atom. The summed E-state index contributed by atoms with van der Waals surface area (Å²) in [7, 11) is -2.35. The van der Waals surface area contributed by atoms with Crippen molar-refractivity contribution in [2.24, 2.45) is 5.92 Å². The van der Waals surface area contributed by atoms with Crippen LogP contribution in [0.3, 0.4) is 0 Å². The summed E-state index contributed by atoms with van der Waals surface area (Å²) < 4.78 is 26.8. The zero-order valence-electron chi connectivity index (χ0n) is 14.4. The second-order valence-corrected chi connectivity index (χ2v) is 8.49. The summed E-state index contributed by atoms with van der Waals surface area (Å²) in [5, 5.41) is 3.23. The molecule has 134 valence electrons. The normalized spacial score (nSPS) is 11.4. The molecular formula is C18H21ClN2O3S. The quantitative estimate of drug-likeness (QED) is 0.833. The standard InChI is InChI=1S/C18H21ClN2O3S/c1-13(2)12-20-18(22)14-6-4-9-17(10-14)25(23,24)21(3)16-8-5-7-15(19)11-16/h4-11,13H,12H2,1-3H3,(H,20,22). The molecule has 7 heteroatoms. The summed E-state index contributed by atoms with van der Waals surface area (Å²) in [6, 6.07) is 12.6. The van der Waals surface area contributed by atoms with E-state index >= 15 is 0 Å². The third-order valence-electron chi connectivity index (χ3n) is 3.60. The molecule has 0 bridgehead atoms. The molecular weight excluding hydrogens is 360 g/mol. The van der Waals surface area contributed by atoms with Gasteiger partial charge in [-0.3, -0.25) is 9.10 Å². The maximum Gasteiger partial charge on any atom is 0.264 e. The number of sulfonamides is 1. The van der Waals surface area contributed by atoms with Crippen LogP contribution in [0.25, 0.3) is 0 Å². The lowest BCUT2D eigenvalue weighted by molar-refractivity contribution is 0.0949. The van der Waals surface area contributed by atoms with Crippen LogP contribution in [0, 0.1) is 5.92 Å². The number of halogens is 1.